The summed E-state index contributed by atoms with van der Waals surface area (Å²) >= 11 is 0. The number of benzene rings is 3. The summed E-state index contributed by atoms with van der Waals surface area (Å²) in [5, 5.41) is 0. The van der Waals surface area contributed by atoms with E-state index >= 15 is 0 Å². The van der Waals surface area contributed by atoms with Crippen molar-refractivity contribution in [1.29, 1.82) is 0 Å². The average Bonchev–Trinajstić information content (AvgIpc) is 3.18. The van der Waals surface area contributed by atoms with Gasteiger partial charge in [-0.05, 0) is 42.4 Å². The average molecular weight is 483 g/mol. The molecule has 0 aliphatic carbocycles. The van der Waals surface area contributed by atoms with Crippen LogP contribution < -0.4 is 0 Å². The number of rotatable bonds is 8. The zero-order valence-electron chi connectivity index (χ0n) is 21.6. The molecular weight excluding hydrogens is 444 g/mol. The summed E-state index contributed by atoms with van der Waals surface area (Å²) in [6.45, 7) is 6.47. The zero-order valence-corrected chi connectivity index (χ0v) is 21.6. The standard InChI is InChI=1S/C32H38N2O2/c1-3-5-23-36-30(35)34-29-21-22-31(34,4-2)25-33(24-29)32(26-15-9-6-10-16-26,27-17-11-7-12-18-27)28-19-13-8-14-20-28/h6-20,29H,3-5,21-25H2,1-2H3. The first kappa shape index (κ1) is 24.6. The number of nitrogens with zero attached hydrogens (tertiary/aromatic N) is 2. The van der Waals surface area contributed by atoms with Gasteiger partial charge in [-0.1, -0.05) is 111 Å². The molecule has 4 heteroatoms. The molecule has 36 heavy (non-hydrogen) atoms. The molecule has 3 aromatic carbocycles. The molecule has 5 rings (SSSR count). The SMILES string of the molecule is CCCCOC(=O)N1C2CCC1(CC)CN(C(c1ccccc1)(c1ccccc1)c1ccccc1)C2. The molecule has 2 aliphatic rings. The first-order chi connectivity index (χ1) is 17.7. The summed E-state index contributed by atoms with van der Waals surface area (Å²) in [5.74, 6) is 0. The molecule has 2 heterocycles. The molecule has 2 saturated heterocycles. The van der Waals surface area contributed by atoms with E-state index in [1.54, 1.807) is 0 Å². The van der Waals surface area contributed by atoms with Crippen LogP contribution >= 0.6 is 0 Å². The second-order valence-corrected chi connectivity index (χ2v) is 10.3. The normalized spacial score (nSPS) is 21.9. The van der Waals surface area contributed by atoms with Crippen molar-refractivity contribution >= 4 is 6.09 Å². The van der Waals surface area contributed by atoms with Crippen LogP contribution in [0, 0.1) is 0 Å². The van der Waals surface area contributed by atoms with Crippen molar-refractivity contribution < 1.29 is 9.53 Å². The Morgan fingerprint density at radius 3 is 1.89 bits per heavy atom. The topological polar surface area (TPSA) is 32.8 Å². The summed E-state index contributed by atoms with van der Waals surface area (Å²) in [7, 11) is 0. The van der Waals surface area contributed by atoms with Crippen LogP contribution in [0.15, 0.2) is 91.0 Å². The number of fused-ring (bicyclic) bond motifs is 2. The minimum atomic E-state index is -0.453. The Balaban J connectivity index is 1.63. The van der Waals surface area contributed by atoms with E-state index in [0.717, 1.165) is 45.2 Å². The van der Waals surface area contributed by atoms with Crippen molar-refractivity contribution in [1.82, 2.24) is 9.80 Å². The quantitative estimate of drug-likeness (QED) is 0.260. The number of carbonyl (C=O) groups excluding carboxylic acids is 1. The summed E-state index contributed by atoms with van der Waals surface area (Å²) < 4.78 is 5.77. The summed E-state index contributed by atoms with van der Waals surface area (Å²) in [5.41, 5.74) is 3.09. The number of hydrogen-bond donors (Lipinski definition) is 0. The van der Waals surface area contributed by atoms with Crippen LogP contribution in [0.5, 0.6) is 0 Å². The van der Waals surface area contributed by atoms with Crippen LogP contribution in [-0.4, -0.2) is 47.2 Å². The first-order valence-corrected chi connectivity index (χ1v) is 13.5. The van der Waals surface area contributed by atoms with Gasteiger partial charge in [0.25, 0.3) is 0 Å². The Bertz CT molecular complexity index is 1040. The summed E-state index contributed by atoms with van der Waals surface area (Å²) in [4.78, 5) is 18.1. The third-order valence-corrected chi connectivity index (χ3v) is 8.36. The highest BCUT2D eigenvalue weighted by Gasteiger charge is 2.57. The largest absolute Gasteiger partial charge is 0.449 e. The number of hydrogen-bond acceptors (Lipinski definition) is 3. The Labute approximate surface area is 215 Å². The molecule has 2 bridgehead atoms. The summed E-state index contributed by atoms with van der Waals surface area (Å²) in [6, 6.07) is 32.8. The molecule has 3 aromatic rings. The highest BCUT2D eigenvalue weighted by atomic mass is 16.6. The predicted octanol–water partition coefficient (Wildman–Crippen LogP) is 6.84. The van der Waals surface area contributed by atoms with Gasteiger partial charge in [0.15, 0.2) is 0 Å². The van der Waals surface area contributed by atoms with Crippen LogP contribution in [0.2, 0.25) is 0 Å². The Kier molecular flexibility index (Phi) is 7.15. The van der Waals surface area contributed by atoms with Gasteiger partial charge in [0.2, 0.25) is 0 Å². The minimum Gasteiger partial charge on any atom is -0.449 e. The van der Waals surface area contributed by atoms with Crippen LogP contribution in [0.4, 0.5) is 4.79 Å². The van der Waals surface area contributed by atoms with Gasteiger partial charge in [-0.15, -0.1) is 0 Å². The molecule has 1 amide bonds. The number of ether oxygens (including phenoxy) is 1. The van der Waals surface area contributed by atoms with Gasteiger partial charge in [-0.2, -0.15) is 0 Å². The van der Waals surface area contributed by atoms with E-state index in [4.69, 9.17) is 4.74 Å². The predicted molar refractivity (Wildman–Crippen MR) is 145 cm³/mol. The lowest BCUT2D eigenvalue weighted by Crippen LogP contribution is -2.67. The highest BCUT2D eigenvalue weighted by Crippen LogP contribution is 2.49. The van der Waals surface area contributed by atoms with Gasteiger partial charge in [0.05, 0.1) is 17.7 Å². The molecule has 2 aliphatic heterocycles. The van der Waals surface area contributed by atoms with Crippen molar-refractivity contribution in [3.8, 4) is 0 Å². The third-order valence-electron chi connectivity index (χ3n) is 8.36. The lowest BCUT2D eigenvalue weighted by Gasteiger charge is -2.55. The maximum absolute atomic E-state index is 13.3. The van der Waals surface area contributed by atoms with Crippen LogP contribution in [0.25, 0.3) is 0 Å². The van der Waals surface area contributed by atoms with Gasteiger partial charge < -0.3 is 4.74 Å². The maximum Gasteiger partial charge on any atom is 0.410 e. The molecule has 4 nitrogen and oxygen atoms in total. The fourth-order valence-corrected chi connectivity index (χ4v) is 6.59. The smallest absolute Gasteiger partial charge is 0.410 e. The van der Waals surface area contributed by atoms with Crippen molar-refractivity contribution in [3.63, 3.8) is 0 Å². The molecule has 0 saturated carbocycles. The molecule has 2 atom stereocenters. The van der Waals surface area contributed by atoms with Gasteiger partial charge in [-0.3, -0.25) is 9.80 Å². The van der Waals surface area contributed by atoms with Gasteiger partial charge in [0, 0.05) is 19.1 Å². The number of piperazine rings is 1. The first-order valence-electron chi connectivity index (χ1n) is 13.5. The molecule has 0 N–H and O–H groups in total. The number of amides is 1. The number of carbonyl (C=O) groups is 1. The van der Waals surface area contributed by atoms with E-state index in [2.05, 4.69) is 115 Å². The Morgan fingerprint density at radius 2 is 1.42 bits per heavy atom. The molecule has 188 valence electrons. The molecule has 2 unspecified atom stereocenters. The van der Waals surface area contributed by atoms with E-state index in [1.165, 1.54) is 16.7 Å². The zero-order chi connectivity index (χ0) is 25.0. The van der Waals surface area contributed by atoms with E-state index in [9.17, 15) is 4.79 Å². The Hall–Kier alpha value is -3.11. The van der Waals surface area contributed by atoms with E-state index < -0.39 is 5.54 Å². The molecule has 0 aromatic heterocycles. The van der Waals surface area contributed by atoms with E-state index in [-0.39, 0.29) is 17.7 Å². The van der Waals surface area contributed by atoms with E-state index in [0.29, 0.717) is 6.61 Å². The van der Waals surface area contributed by atoms with Crippen LogP contribution in [0.1, 0.15) is 62.6 Å². The van der Waals surface area contributed by atoms with E-state index in [1.807, 2.05) is 0 Å². The van der Waals surface area contributed by atoms with Crippen LogP contribution in [-0.2, 0) is 10.3 Å². The fourth-order valence-electron chi connectivity index (χ4n) is 6.59. The molecule has 0 spiro atoms. The summed E-state index contributed by atoms with van der Waals surface area (Å²) in [6.07, 6.45) is 4.75. The molecule has 2 fully saturated rings. The monoisotopic (exact) mass is 482 g/mol. The van der Waals surface area contributed by atoms with Gasteiger partial charge >= 0.3 is 6.09 Å². The van der Waals surface area contributed by atoms with Crippen LogP contribution in [0.3, 0.4) is 0 Å². The van der Waals surface area contributed by atoms with Crippen molar-refractivity contribution in [2.24, 2.45) is 0 Å². The lowest BCUT2D eigenvalue weighted by molar-refractivity contribution is -0.0302. The molecular formula is C32H38N2O2. The van der Waals surface area contributed by atoms with Gasteiger partial charge in [-0.25, -0.2) is 4.79 Å². The van der Waals surface area contributed by atoms with Crippen molar-refractivity contribution in [2.75, 3.05) is 19.7 Å². The number of unbranched alkanes of at least 4 members (excludes halogenated alkanes) is 1. The minimum absolute atomic E-state index is 0.128. The fraction of sp³-hybridized carbons (Fsp3) is 0.406. The highest BCUT2D eigenvalue weighted by molar-refractivity contribution is 5.70. The van der Waals surface area contributed by atoms with Crippen molar-refractivity contribution in [2.45, 2.75) is 63.1 Å². The maximum atomic E-state index is 13.3. The third kappa shape index (κ3) is 4.12. The number of likely N-dealkylation sites (tertiary alicyclic amines) is 1. The van der Waals surface area contributed by atoms with Gasteiger partial charge in [0.1, 0.15) is 0 Å². The lowest BCUT2D eigenvalue weighted by atomic mass is 9.74. The molecule has 0 radical (unpaired) electrons. The second kappa shape index (κ2) is 10.5. The van der Waals surface area contributed by atoms with Crippen molar-refractivity contribution in [3.05, 3.63) is 108 Å². The second-order valence-electron chi connectivity index (χ2n) is 10.3. The Morgan fingerprint density at radius 1 is 0.889 bits per heavy atom.